The normalized spacial score (nSPS) is 16.8. The number of hydrogen-bond donors (Lipinski definition) is 1. The summed E-state index contributed by atoms with van der Waals surface area (Å²) < 4.78 is 10.5. The van der Waals surface area contributed by atoms with Gasteiger partial charge in [-0.2, -0.15) is 10.2 Å². The van der Waals surface area contributed by atoms with Gasteiger partial charge in [0.25, 0.3) is 0 Å². The average Bonchev–Trinajstić information content (AvgIpc) is 3.58. The van der Waals surface area contributed by atoms with Crippen molar-refractivity contribution >= 4 is 0 Å². The maximum Gasteiger partial charge on any atom is 0.201 e. The molecular formula is C25H30N8O. The quantitative estimate of drug-likeness (QED) is 0.498. The summed E-state index contributed by atoms with van der Waals surface area (Å²) in [6.07, 6.45) is 6.16. The smallest absolute Gasteiger partial charge is 0.201 e. The second-order valence-electron chi connectivity index (χ2n) is 9.60. The van der Waals surface area contributed by atoms with Gasteiger partial charge in [-0.3, -0.25) is 9.78 Å². The molecule has 0 radical (unpaired) electrons. The van der Waals surface area contributed by atoms with E-state index < -0.39 is 0 Å². The molecule has 0 spiro atoms. The first-order valence-corrected chi connectivity index (χ1v) is 12.1. The summed E-state index contributed by atoms with van der Waals surface area (Å²) in [6.45, 7) is 7.70. The van der Waals surface area contributed by atoms with E-state index in [1.165, 1.54) is 0 Å². The summed E-state index contributed by atoms with van der Waals surface area (Å²) in [5, 5.41) is 12.1. The lowest BCUT2D eigenvalue weighted by Crippen LogP contribution is -2.32. The van der Waals surface area contributed by atoms with Crippen molar-refractivity contribution < 1.29 is 4.74 Å². The van der Waals surface area contributed by atoms with Crippen molar-refractivity contribution in [2.75, 3.05) is 26.7 Å². The van der Waals surface area contributed by atoms with E-state index in [2.05, 4.69) is 79.6 Å². The van der Waals surface area contributed by atoms with E-state index in [-0.39, 0.29) is 5.92 Å². The number of rotatable bonds is 4. The molecule has 9 heteroatoms. The summed E-state index contributed by atoms with van der Waals surface area (Å²) in [4.78, 5) is 11.9. The van der Waals surface area contributed by atoms with Crippen LogP contribution < -0.4 is 4.74 Å². The Kier molecular flexibility index (Phi) is 5.21. The number of likely N-dealkylation sites (tertiary alicyclic amines) is 1. The number of H-pyrrole nitrogens is 1. The summed E-state index contributed by atoms with van der Waals surface area (Å²) in [7, 11) is 2.19. The van der Waals surface area contributed by atoms with Crippen LogP contribution in [0.2, 0.25) is 0 Å². The molecule has 0 bridgehead atoms. The molecule has 9 nitrogen and oxygen atoms in total. The van der Waals surface area contributed by atoms with Gasteiger partial charge in [0.05, 0.1) is 23.8 Å². The van der Waals surface area contributed by atoms with Gasteiger partial charge in [-0.15, -0.1) is 0 Å². The van der Waals surface area contributed by atoms with Crippen molar-refractivity contribution in [3.05, 3.63) is 42.5 Å². The maximum absolute atomic E-state index is 6.17. The molecule has 1 N–H and O–H groups in total. The Balaban J connectivity index is 1.34. The molecule has 3 aromatic heterocycles. The van der Waals surface area contributed by atoms with Crippen LogP contribution in [-0.2, 0) is 6.54 Å². The average molecular weight is 459 g/mol. The number of fused-ring (bicyclic) bond motifs is 3. The molecule has 176 valence electrons. The molecule has 2 aliphatic heterocycles. The van der Waals surface area contributed by atoms with Crippen LogP contribution in [0.1, 0.15) is 44.5 Å². The van der Waals surface area contributed by atoms with Crippen molar-refractivity contribution in [3.63, 3.8) is 0 Å². The number of benzene rings is 1. The Bertz CT molecular complexity index is 1310. The van der Waals surface area contributed by atoms with Gasteiger partial charge >= 0.3 is 0 Å². The van der Waals surface area contributed by atoms with Gasteiger partial charge in [0.1, 0.15) is 29.7 Å². The molecule has 5 heterocycles. The Labute approximate surface area is 198 Å². The highest BCUT2D eigenvalue weighted by molar-refractivity contribution is 5.74. The molecule has 6 rings (SSSR count). The molecule has 1 aromatic carbocycles. The van der Waals surface area contributed by atoms with E-state index in [1.807, 2.05) is 12.4 Å². The largest absolute Gasteiger partial charge is 0.491 e. The number of aromatic amines is 1. The molecule has 0 aliphatic carbocycles. The second-order valence-corrected chi connectivity index (χ2v) is 9.60. The van der Waals surface area contributed by atoms with Gasteiger partial charge in [-0.05, 0) is 51.2 Å². The van der Waals surface area contributed by atoms with Crippen LogP contribution in [0.5, 0.6) is 5.75 Å². The molecule has 1 saturated heterocycles. The fourth-order valence-corrected chi connectivity index (χ4v) is 4.87. The SMILES string of the molecule is CC(C)c1nc(-c2cn3c(n2)-c2ccc(-c4ccnn4C4CCN(C)CC4)cc2OCC3)n[nH]1. The lowest BCUT2D eigenvalue weighted by atomic mass is 10.0. The number of nitrogens with one attached hydrogen (secondary N) is 1. The summed E-state index contributed by atoms with van der Waals surface area (Å²) >= 11 is 0. The Morgan fingerprint density at radius 2 is 1.94 bits per heavy atom. The van der Waals surface area contributed by atoms with E-state index in [0.717, 1.165) is 72.4 Å². The minimum Gasteiger partial charge on any atom is -0.491 e. The summed E-state index contributed by atoms with van der Waals surface area (Å²) in [6, 6.07) is 8.93. The highest BCUT2D eigenvalue weighted by atomic mass is 16.5. The van der Waals surface area contributed by atoms with Gasteiger partial charge in [-0.25, -0.2) is 9.97 Å². The lowest BCUT2D eigenvalue weighted by Gasteiger charge is -2.30. The number of aromatic nitrogens is 7. The van der Waals surface area contributed by atoms with Crippen molar-refractivity contribution in [2.24, 2.45) is 0 Å². The van der Waals surface area contributed by atoms with Crippen molar-refractivity contribution in [2.45, 2.75) is 45.2 Å². The monoisotopic (exact) mass is 458 g/mol. The number of nitrogens with zero attached hydrogens (tertiary/aromatic N) is 7. The number of imidazole rings is 1. The van der Waals surface area contributed by atoms with E-state index in [9.17, 15) is 0 Å². The van der Waals surface area contributed by atoms with Crippen LogP contribution in [0.25, 0.3) is 34.2 Å². The zero-order chi connectivity index (χ0) is 23.2. The minimum absolute atomic E-state index is 0.289. The summed E-state index contributed by atoms with van der Waals surface area (Å²) in [5.41, 5.74) is 4.01. The number of hydrogen-bond acceptors (Lipinski definition) is 6. The summed E-state index contributed by atoms with van der Waals surface area (Å²) in [5.74, 6) is 3.52. The van der Waals surface area contributed by atoms with Crippen molar-refractivity contribution in [3.8, 4) is 39.9 Å². The Hall–Kier alpha value is -3.46. The van der Waals surface area contributed by atoms with Gasteiger partial charge in [0, 0.05) is 23.9 Å². The molecule has 34 heavy (non-hydrogen) atoms. The van der Waals surface area contributed by atoms with E-state index in [1.54, 1.807) is 0 Å². The van der Waals surface area contributed by atoms with Crippen molar-refractivity contribution in [1.29, 1.82) is 0 Å². The van der Waals surface area contributed by atoms with Crippen LogP contribution in [0.3, 0.4) is 0 Å². The topological polar surface area (TPSA) is 89.7 Å². The zero-order valence-electron chi connectivity index (χ0n) is 19.9. The van der Waals surface area contributed by atoms with Gasteiger partial charge in [0.15, 0.2) is 0 Å². The fourth-order valence-electron chi connectivity index (χ4n) is 4.87. The molecule has 2 aliphatic rings. The van der Waals surface area contributed by atoms with Crippen LogP contribution in [-0.4, -0.2) is 66.2 Å². The van der Waals surface area contributed by atoms with Crippen LogP contribution in [0, 0.1) is 0 Å². The Morgan fingerprint density at radius 1 is 1.09 bits per heavy atom. The second kappa shape index (κ2) is 8.39. The third kappa shape index (κ3) is 3.69. The number of piperidine rings is 1. The highest BCUT2D eigenvalue weighted by Gasteiger charge is 2.24. The van der Waals surface area contributed by atoms with Crippen LogP contribution in [0.15, 0.2) is 36.7 Å². The van der Waals surface area contributed by atoms with E-state index in [4.69, 9.17) is 9.72 Å². The Morgan fingerprint density at radius 3 is 2.74 bits per heavy atom. The first kappa shape index (κ1) is 21.1. The third-order valence-electron chi connectivity index (χ3n) is 6.87. The van der Waals surface area contributed by atoms with Gasteiger partial charge in [-0.1, -0.05) is 19.9 Å². The highest BCUT2D eigenvalue weighted by Crippen LogP contribution is 2.37. The van der Waals surface area contributed by atoms with Crippen molar-refractivity contribution in [1.82, 2.24) is 39.4 Å². The van der Waals surface area contributed by atoms with Crippen LogP contribution >= 0.6 is 0 Å². The molecule has 1 fully saturated rings. The third-order valence-corrected chi connectivity index (χ3v) is 6.87. The van der Waals surface area contributed by atoms with Gasteiger partial charge in [0.2, 0.25) is 5.82 Å². The first-order chi connectivity index (χ1) is 16.6. The standard InChI is InChI=1S/C25H30N8O/c1-16(2)23-28-24(30-29-23)20-15-32-12-13-34-22-14-17(4-5-19(22)25(32)27-20)21-6-9-26-33(21)18-7-10-31(3)11-8-18/h4-6,9,14-16,18H,7-8,10-13H2,1-3H3,(H,28,29,30). The van der Waals surface area contributed by atoms with Gasteiger partial charge < -0.3 is 14.2 Å². The predicted molar refractivity (Wildman–Crippen MR) is 130 cm³/mol. The van der Waals surface area contributed by atoms with E-state index >= 15 is 0 Å². The lowest BCUT2D eigenvalue weighted by molar-refractivity contribution is 0.213. The molecule has 0 saturated carbocycles. The molecule has 0 amide bonds. The molecule has 0 atom stereocenters. The van der Waals surface area contributed by atoms with E-state index in [0.29, 0.717) is 18.5 Å². The minimum atomic E-state index is 0.289. The first-order valence-electron chi connectivity index (χ1n) is 12.1. The van der Waals surface area contributed by atoms with Crippen LogP contribution in [0.4, 0.5) is 0 Å². The zero-order valence-corrected chi connectivity index (χ0v) is 19.9. The molecule has 4 aromatic rings. The fraction of sp³-hybridized carbons (Fsp3) is 0.440. The maximum atomic E-state index is 6.17. The molecular weight excluding hydrogens is 428 g/mol. The predicted octanol–water partition coefficient (Wildman–Crippen LogP) is 3.98. The molecule has 0 unspecified atom stereocenters. The number of ether oxygens (including phenoxy) is 1.